The van der Waals surface area contributed by atoms with Crippen LogP contribution in [-0.4, -0.2) is 26.4 Å². The van der Waals surface area contributed by atoms with E-state index in [0.717, 1.165) is 34.1 Å². The first-order chi connectivity index (χ1) is 17.4. The molecule has 5 rings (SSSR count). The molecule has 1 aliphatic rings. The van der Waals surface area contributed by atoms with Crippen LogP contribution in [0.2, 0.25) is 5.02 Å². The largest absolute Gasteiger partial charge is 0.506 e. The predicted molar refractivity (Wildman–Crippen MR) is 147 cm³/mol. The molecule has 184 valence electrons. The van der Waals surface area contributed by atoms with E-state index in [2.05, 4.69) is 28.2 Å². The number of aromatic hydroxyl groups is 1. The summed E-state index contributed by atoms with van der Waals surface area (Å²) in [5.74, 6) is 0.976. The third kappa shape index (κ3) is 4.29. The number of benzene rings is 2. The fourth-order valence-corrected chi connectivity index (χ4v) is 5.46. The number of nitrogens with zero attached hydrogens (tertiary/aromatic N) is 3. The molecule has 0 spiro atoms. The van der Waals surface area contributed by atoms with Crippen molar-refractivity contribution in [3.05, 3.63) is 101 Å². The number of aryl methyl sites for hydroxylation is 1. The Balaban J connectivity index is 1.66. The molecule has 1 saturated heterocycles. The second kappa shape index (κ2) is 9.84. The van der Waals surface area contributed by atoms with Crippen molar-refractivity contribution in [2.75, 3.05) is 11.5 Å². The van der Waals surface area contributed by atoms with E-state index < -0.39 is 0 Å². The van der Waals surface area contributed by atoms with E-state index in [0.29, 0.717) is 22.4 Å². The third-order valence-electron chi connectivity index (χ3n) is 6.49. The quantitative estimate of drug-likeness (QED) is 0.287. The Kier molecular flexibility index (Phi) is 6.60. The number of thiocarbonyl (C=S) groups is 1. The summed E-state index contributed by atoms with van der Waals surface area (Å²) in [6.07, 6.45) is 1.80. The first-order valence-electron chi connectivity index (χ1n) is 11.8. The van der Waals surface area contributed by atoms with Gasteiger partial charge in [-0.15, -0.1) is 0 Å². The Morgan fingerprint density at radius 2 is 1.86 bits per heavy atom. The van der Waals surface area contributed by atoms with Crippen molar-refractivity contribution in [2.45, 2.75) is 32.9 Å². The van der Waals surface area contributed by atoms with Crippen LogP contribution in [0.3, 0.4) is 0 Å². The predicted octanol–water partition coefficient (Wildman–Crippen LogP) is 6.42. The van der Waals surface area contributed by atoms with Crippen molar-refractivity contribution in [3.8, 4) is 17.2 Å². The molecule has 1 aliphatic heterocycles. The highest BCUT2D eigenvalue weighted by Gasteiger charge is 2.42. The Bertz CT molecular complexity index is 1410. The number of anilines is 1. The van der Waals surface area contributed by atoms with Crippen LogP contribution < -0.4 is 15.0 Å². The van der Waals surface area contributed by atoms with E-state index in [1.807, 2.05) is 60.9 Å². The van der Waals surface area contributed by atoms with E-state index in [1.165, 1.54) is 0 Å². The normalized spacial score (nSPS) is 17.3. The zero-order valence-corrected chi connectivity index (χ0v) is 21.8. The number of phenols is 1. The monoisotopic (exact) mass is 518 g/mol. The van der Waals surface area contributed by atoms with E-state index in [1.54, 1.807) is 24.4 Å². The zero-order valence-electron chi connectivity index (χ0n) is 20.3. The molecule has 0 aliphatic carbocycles. The number of rotatable bonds is 6. The van der Waals surface area contributed by atoms with Gasteiger partial charge in [0, 0.05) is 28.3 Å². The van der Waals surface area contributed by atoms with Gasteiger partial charge in [-0.1, -0.05) is 17.7 Å². The van der Waals surface area contributed by atoms with Gasteiger partial charge >= 0.3 is 0 Å². The van der Waals surface area contributed by atoms with E-state index in [-0.39, 0.29) is 17.8 Å². The van der Waals surface area contributed by atoms with Gasteiger partial charge in [0.25, 0.3) is 0 Å². The summed E-state index contributed by atoms with van der Waals surface area (Å²) in [5.41, 5.74) is 5.52. The topological polar surface area (TPSA) is 62.5 Å². The van der Waals surface area contributed by atoms with Gasteiger partial charge in [0.2, 0.25) is 0 Å². The minimum absolute atomic E-state index is 0.164. The lowest BCUT2D eigenvalue weighted by atomic mass is 9.96. The second-order valence-electron chi connectivity index (χ2n) is 8.72. The van der Waals surface area contributed by atoms with Crippen molar-refractivity contribution in [2.24, 2.45) is 0 Å². The maximum absolute atomic E-state index is 10.6. The van der Waals surface area contributed by atoms with Crippen molar-refractivity contribution in [1.29, 1.82) is 0 Å². The van der Waals surface area contributed by atoms with Crippen LogP contribution in [0, 0.1) is 13.8 Å². The van der Waals surface area contributed by atoms with Gasteiger partial charge in [-0.3, -0.25) is 4.98 Å². The SMILES string of the molecule is CCOc1ccc(N2C(=S)N[C@H](c3ccccn3)[C@@H]2c2cc(C)n(-c3cc(Cl)ccc3O)c2C)cc1. The Hall–Kier alpha value is -3.55. The number of ether oxygens (including phenoxy) is 1. The molecule has 4 aromatic rings. The number of aromatic nitrogens is 2. The first-order valence-corrected chi connectivity index (χ1v) is 12.6. The van der Waals surface area contributed by atoms with Crippen LogP contribution in [0.5, 0.6) is 11.5 Å². The molecule has 2 N–H and O–H groups in total. The van der Waals surface area contributed by atoms with E-state index in [9.17, 15) is 5.11 Å². The van der Waals surface area contributed by atoms with Crippen LogP contribution in [0.25, 0.3) is 5.69 Å². The molecule has 2 aromatic heterocycles. The third-order valence-corrected chi connectivity index (χ3v) is 7.04. The van der Waals surface area contributed by atoms with Crippen LogP contribution in [0.15, 0.2) is 72.9 Å². The summed E-state index contributed by atoms with van der Waals surface area (Å²) in [4.78, 5) is 6.78. The molecule has 36 heavy (non-hydrogen) atoms. The Labute approximate surface area is 221 Å². The minimum atomic E-state index is -0.174. The summed E-state index contributed by atoms with van der Waals surface area (Å²) < 4.78 is 7.68. The molecule has 8 heteroatoms. The van der Waals surface area contributed by atoms with Crippen molar-refractivity contribution in [3.63, 3.8) is 0 Å². The van der Waals surface area contributed by atoms with Crippen LogP contribution in [0.1, 0.15) is 41.7 Å². The smallest absolute Gasteiger partial charge is 0.174 e. The zero-order chi connectivity index (χ0) is 25.4. The molecule has 3 heterocycles. The number of hydrogen-bond acceptors (Lipinski definition) is 4. The molecule has 0 amide bonds. The fraction of sp³-hybridized carbons (Fsp3) is 0.214. The lowest BCUT2D eigenvalue weighted by Crippen LogP contribution is -2.29. The molecular formula is C28H27ClN4O2S. The average molecular weight is 519 g/mol. The molecule has 1 fully saturated rings. The number of nitrogens with one attached hydrogen (secondary N) is 1. The Morgan fingerprint density at radius 3 is 2.56 bits per heavy atom. The van der Waals surface area contributed by atoms with Gasteiger partial charge in [-0.2, -0.15) is 0 Å². The standard InChI is InChI=1S/C28H27ClN4O2S/c1-4-35-21-11-9-20(10-12-21)33-27(26(31-28(33)36)23-7-5-6-14-30-23)22-15-17(2)32(18(22)3)24-16-19(29)8-13-25(24)34/h5-16,26-27,34H,4H2,1-3H3,(H,31,36)/t26-,27+/m1/s1. The van der Waals surface area contributed by atoms with Crippen molar-refractivity contribution < 1.29 is 9.84 Å². The summed E-state index contributed by atoms with van der Waals surface area (Å²) in [5, 5.41) is 15.3. The van der Waals surface area contributed by atoms with E-state index >= 15 is 0 Å². The first kappa shape index (κ1) is 24.2. The Morgan fingerprint density at radius 1 is 1.08 bits per heavy atom. The maximum Gasteiger partial charge on any atom is 0.174 e. The van der Waals surface area contributed by atoms with Gasteiger partial charge in [0.05, 0.1) is 30.1 Å². The lowest BCUT2D eigenvalue weighted by molar-refractivity contribution is 0.340. The highest BCUT2D eigenvalue weighted by molar-refractivity contribution is 7.80. The van der Waals surface area contributed by atoms with Crippen LogP contribution in [-0.2, 0) is 0 Å². The number of pyridine rings is 1. The highest BCUT2D eigenvalue weighted by atomic mass is 35.5. The molecule has 0 unspecified atom stereocenters. The molecule has 2 aromatic carbocycles. The number of halogens is 1. The highest BCUT2D eigenvalue weighted by Crippen LogP contribution is 2.44. The molecule has 2 atom stereocenters. The van der Waals surface area contributed by atoms with Gasteiger partial charge in [-0.25, -0.2) is 0 Å². The van der Waals surface area contributed by atoms with Crippen LogP contribution >= 0.6 is 23.8 Å². The number of phenolic OH excluding ortho intramolecular Hbond substituents is 1. The van der Waals surface area contributed by atoms with Crippen LogP contribution in [0.4, 0.5) is 5.69 Å². The average Bonchev–Trinajstić information content (AvgIpc) is 3.37. The summed E-state index contributed by atoms with van der Waals surface area (Å²) in [7, 11) is 0. The molecule has 0 saturated carbocycles. The minimum Gasteiger partial charge on any atom is -0.506 e. The van der Waals surface area contributed by atoms with Crippen molar-refractivity contribution >= 4 is 34.6 Å². The fourth-order valence-electron chi connectivity index (χ4n) is 4.95. The lowest BCUT2D eigenvalue weighted by Gasteiger charge is -2.28. The summed E-state index contributed by atoms with van der Waals surface area (Å²) in [6.45, 7) is 6.65. The molecular weight excluding hydrogens is 492 g/mol. The number of hydrogen-bond donors (Lipinski definition) is 2. The van der Waals surface area contributed by atoms with Crippen molar-refractivity contribution in [1.82, 2.24) is 14.9 Å². The molecule has 0 bridgehead atoms. The second-order valence-corrected chi connectivity index (χ2v) is 9.54. The maximum atomic E-state index is 10.6. The van der Waals surface area contributed by atoms with Gasteiger partial charge in [0.1, 0.15) is 11.5 Å². The van der Waals surface area contributed by atoms with E-state index in [4.69, 9.17) is 28.6 Å². The van der Waals surface area contributed by atoms with Gasteiger partial charge < -0.3 is 24.6 Å². The molecule has 0 radical (unpaired) electrons. The van der Waals surface area contributed by atoms with Gasteiger partial charge in [-0.05, 0) is 99.2 Å². The molecule has 6 nitrogen and oxygen atoms in total. The van der Waals surface area contributed by atoms with Gasteiger partial charge in [0.15, 0.2) is 5.11 Å². The summed E-state index contributed by atoms with van der Waals surface area (Å²) in [6, 6.07) is 20.7. The summed E-state index contributed by atoms with van der Waals surface area (Å²) >= 11 is 12.2.